The van der Waals surface area contributed by atoms with Crippen LogP contribution in [0.1, 0.15) is 79.1 Å². The minimum atomic E-state index is -0.519. The van der Waals surface area contributed by atoms with Gasteiger partial charge in [0, 0.05) is 32.3 Å². The molecule has 6 heteroatoms. The largest absolute Gasteiger partial charge is 0.463 e. The van der Waals surface area contributed by atoms with E-state index >= 15 is 0 Å². The Kier molecular flexibility index (Phi) is 12.9. The number of esters is 2. The fraction of sp³-hybridized carbons (Fsp3) is 0.826. The van der Waals surface area contributed by atoms with Crippen molar-refractivity contribution in [1.82, 2.24) is 0 Å². The lowest BCUT2D eigenvalue weighted by Crippen LogP contribution is -2.53. The number of hydrogen-bond donors (Lipinski definition) is 0. The summed E-state index contributed by atoms with van der Waals surface area (Å²) in [6.07, 6.45) is 10.2. The predicted molar refractivity (Wildman–Crippen MR) is 112 cm³/mol. The van der Waals surface area contributed by atoms with Crippen LogP contribution in [0.3, 0.4) is 0 Å². The van der Waals surface area contributed by atoms with Crippen LogP contribution in [-0.4, -0.2) is 43.7 Å². The van der Waals surface area contributed by atoms with Crippen LogP contribution in [0.15, 0.2) is 12.7 Å². The second kappa shape index (κ2) is 14.6. The Morgan fingerprint density at radius 1 is 0.931 bits per heavy atom. The number of carbonyl (C=O) groups is 2. The van der Waals surface area contributed by atoms with Crippen molar-refractivity contribution in [2.24, 2.45) is 11.8 Å². The molecule has 0 aromatic carbocycles. The third kappa shape index (κ3) is 10.3. The summed E-state index contributed by atoms with van der Waals surface area (Å²) in [7, 11) is 0. The minimum Gasteiger partial charge on any atom is -0.463 e. The molecule has 1 aliphatic rings. The summed E-state index contributed by atoms with van der Waals surface area (Å²) >= 11 is 0. The van der Waals surface area contributed by atoms with E-state index in [9.17, 15) is 9.59 Å². The number of allylic oxidation sites excluding steroid dienone is 1. The normalized spacial score (nSPS) is 26.7. The van der Waals surface area contributed by atoms with Gasteiger partial charge in [0.1, 0.15) is 18.8 Å². The van der Waals surface area contributed by atoms with Crippen molar-refractivity contribution >= 4 is 11.9 Å². The molecule has 6 nitrogen and oxygen atoms in total. The molecule has 1 heterocycles. The monoisotopic (exact) mass is 412 g/mol. The Labute approximate surface area is 176 Å². The molecule has 1 saturated heterocycles. The van der Waals surface area contributed by atoms with Gasteiger partial charge < -0.3 is 18.9 Å². The maximum absolute atomic E-state index is 11.5. The summed E-state index contributed by atoms with van der Waals surface area (Å²) < 4.78 is 22.6. The van der Waals surface area contributed by atoms with Gasteiger partial charge in [-0.15, -0.1) is 6.58 Å². The Balaban J connectivity index is 2.37. The molecule has 0 bridgehead atoms. The van der Waals surface area contributed by atoms with E-state index in [1.807, 2.05) is 19.9 Å². The molecule has 0 spiro atoms. The highest BCUT2D eigenvalue weighted by molar-refractivity contribution is 5.66. The molecule has 168 valence electrons. The first kappa shape index (κ1) is 25.6. The van der Waals surface area contributed by atoms with Crippen LogP contribution < -0.4 is 0 Å². The maximum Gasteiger partial charge on any atom is 0.303 e. The fourth-order valence-electron chi connectivity index (χ4n) is 3.63. The summed E-state index contributed by atoms with van der Waals surface area (Å²) in [6, 6.07) is 0. The van der Waals surface area contributed by atoms with Crippen molar-refractivity contribution < 1.29 is 28.5 Å². The van der Waals surface area contributed by atoms with Crippen molar-refractivity contribution in [2.75, 3.05) is 13.2 Å². The van der Waals surface area contributed by atoms with E-state index in [0.29, 0.717) is 6.61 Å². The summed E-state index contributed by atoms with van der Waals surface area (Å²) in [5.74, 6) is -0.649. The third-order valence-corrected chi connectivity index (χ3v) is 5.54. The van der Waals surface area contributed by atoms with Crippen LogP contribution >= 0.6 is 0 Å². The lowest BCUT2D eigenvalue weighted by molar-refractivity contribution is -0.273. The molecular weight excluding hydrogens is 372 g/mol. The van der Waals surface area contributed by atoms with Gasteiger partial charge in [-0.05, 0) is 19.3 Å². The zero-order valence-electron chi connectivity index (χ0n) is 18.7. The highest BCUT2D eigenvalue weighted by Gasteiger charge is 2.44. The zero-order valence-corrected chi connectivity index (χ0v) is 18.7. The molecule has 0 aromatic heterocycles. The summed E-state index contributed by atoms with van der Waals surface area (Å²) in [4.78, 5) is 22.7. The minimum absolute atomic E-state index is 0.0359. The van der Waals surface area contributed by atoms with Crippen LogP contribution in [-0.2, 0) is 28.5 Å². The first-order valence-electron chi connectivity index (χ1n) is 11.0. The first-order valence-corrected chi connectivity index (χ1v) is 11.0. The van der Waals surface area contributed by atoms with Gasteiger partial charge in [-0.1, -0.05) is 52.0 Å². The van der Waals surface area contributed by atoms with Crippen molar-refractivity contribution in [3.8, 4) is 0 Å². The SMILES string of the molecule is C=CCCCCCCCCCOC1OC(COC(C)=O)C(OC(C)=O)C(C)C1C. The Bertz CT molecular complexity index is 492. The average molecular weight is 413 g/mol. The van der Waals surface area contributed by atoms with E-state index in [0.717, 1.165) is 19.3 Å². The lowest BCUT2D eigenvalue weighted by Gasteiger charge is -2.43. The van der Waals surface area contributed by atoms with Crippen molar-refractivity contribution in [3.63, 3.8) is 0 Å². The molecule has 5 unspecified atom stereocenters. The van der Waals surface area contributed by atoms with Crippen LogP contribution in [0, 0.1) is 11.8 Å². The Morgan fingerprint density at radius 3 is 2.14 bits per heavy atom. The van der Waals surface area contributed by atoms with Gasteiger partial charge in [0.25, 0.3) is 0 Å². The highest BCUT2D eigenvalue weighted by Crippen LogP contribution is 2.33. The summed E-state index contributed by atoms with van der Waals surface area (Å²) in [5.41, 5.74) is 0. The molecule has 0 saturated carbocycles. The predicted octanol–water partition coefficient (Wildman–Crippen LogP) is 4.80. The standard InChI is InChI=1S/C23H40O6/c1-6-7-8-9-10-11-12-13-14-15-26-23-18(3)17(2)22(28-20(5)25)21(29-23)16-27-19(4)24/h6,17-18,21-23H,1,7-16H2,2-5H3. The average Bonchev–Trinajstić information content (AvgIpc) is 2.67. The maximum atomic E-state index is 11.5. The quantitative estimate of drug-likeness (QED) is 0.232. The molecule has 29 heavy (non-hydrogen) atoms. The van der Waals surface area contributed by atoms with Gasteiger partial charge >= 0.3 is 11.9 Å². The van der Waals surface area contributed by atoms with Crippen LogP contribution in [0.25, 0.3) is 0 Å². The van der Waals surface area contributed by atoms with E-state index in [1.165, 1.54) is 46.0 Å². The first-order chi connectivity index (χ1) is 13.9. The molecule has 1 rings (SSSR count). The molecular formula is C23H40O6. The number of ether oxygens (including phenoxy) is 4. The Morgan fingerprint density at radius 2 is 1.55 bits per heavy atom. The smallest absolute Gasteiger partial charge is 0.303 e. The molecule has 0 aromatic rings. The molecule has 1 fully saturated rings. The molecule has 0 amide bonds. The summed E-state index contributed by atoms with van der Waals surface area (Å²) in [6.45, 7) is 11.2. The van der Waals surface area contributed by atoms with E-state index in [2.05, 4.69) is 6.58 Å². The van der Waals surface area contributed by atoms with E-state index in [1.54, 1.807) is 0 Å². The molecule has 0 N–H and O–H groups in total. The van der Waals surface area contributed by atoms with Gasteiger partial charge in [-0.2, -0.15) is 0 Å². The van der Waals surface area contributed by atoms with Crippen molar-refractivity contribution in [1.29, 1.82) is 0 Å². The highest BCUT2D eigenvalue weighted by atomic mass is 16.7. The molecule has 0 aliphatic carbocycles. The number of rotatable bonds is 14. The lowest BCUT2D eigenvalue weighted by atomic mass is 9.84. The number of unbranched alkanes of at least 4 members (excludes halogenated alkanes) is 7. The molecule has 0 radical (unpaired) electrons. The topological polar surface area (TPSA) is 71.1 Å². The van der Waals surface area contributed by atoms with Gasteiger partial charge in [0.2, 0.25) is 0 Å². The van der Waals surface area contributed by atoms with Gasteiger partial charge in [0.15, 0.2) is 6.29 Å². The second-order valence-electron chi connectivity index (χ2n) is 8.06. The number of hydrogen-bond acceptors (Lipinski definition) is 6. The van der Waals surface area contributed by atoms with E-state index < -0.39 is 18.5 Å². The summed E-state index contributed by atoms with van der Waals surface area (Å²) in [5, 5.41) is 0. The van der Waals surface area contributed by atoms with Gasteiger partial charge in [-0.25, -0.2) is 0 Å². The van der Waals surface area contributed by atoms with Crippen LogP contribution in [0.5, 0.6) is 0 Å². The fourth-order valence-corrected chi connectivity index (χ4v) is 3.63. The molecule has 5 atom stereocenters. The third-order valence-electron chi connectivity index (χ3n) is 5.54. The second-order valence-corrected chi connectivity index (χ2v) is 8.06. The molecule has 1 aliphatic heterocycles. The van der Waals surface area contributed by atoms with Crippen molar-refractivity contribution in [2.45, 2.75) is 97.6 Å². The van der Waals surface area contributed by atoms with Gasteiger partial charge in [0.05, 0.1) is 0 Å². The van der Waals surface area contributed by atoms with E-state index in [-0.39, 0.29) is 30.4 Å². The van der Waals surface area contributed by atoms with Crippen molar-refractivity contribution in [3.05, 3.63) is 12.7 Å². The van der Waals surface area contributed by atoms with Crippen LogP contribution in [0.4, 0.5) is 0 Å². The van der Waals surface area contributed by atoms with Crippen LogP contribution in [0.2, 0.25) is 0 Å². The number of carbonyl (C=O) groups excluding carboxylic acids is 2. The Hall–Kier alpha value is -1.40. The zero-order chi connectivity index (χ0) is 21.6. The van der Waals surface area contributed by atoms with Gasteiger partial charge in [-0.3, -0.25) is 9.59 Å². The van der Waals surface area contributed by atoms with E-state index in [4.69, 9.17) is 18.9 Å².